The van der Waals surface area contributed by atoms with E-state index in [1.165, 1.54) is 11.1 Å². The molecule has 0 amide bonds. The van der Waals surface area contributed by atoms with Crippen molar-refractivity contribution in [3.63, 3.8) is 0 Å². The SMILES string of the molecule is CC(C)C(CO)N(Cc1ccccc1)Cc1ccc(CO)cc1. The van der Waals surface area contributed by atoms with E-state index in [1.54, 1.807) is 0 Å². The molecule has 124 valence electrons. The van der Waals surface area contributed by atoms with Crippen LogP contribution in [0.2, 0.25) is 0 Å². The molecule has 0 aliphatic heterocycles. The first-order valence-corrected chi connectivity index (χ1v) is 8.21. The van der Waals surface area contributed by atoms with Gasteiger partial charge in [-0.15, -0.1) is 0 Å². The fourth-order valence-electron chi connectivity index (χ4n) is 2.84. The Morgan fingerprint density at radius 1 is 0.783 bits per heavy atom. The van der Waals surface area contributed by atoms with Gasteiger partial charge in [0.05, 0.1) is 13.2 Å². The molecule has 0 fully saturated rings. The highest BCUT2D eigenvalue weighted by atomic mass is 16.3. The van der Waals surface area contributed by atoms with E-state index in [-0.39, 0.29) is 19.3 Å². The average Bonchev–Trinajstić information content (AvgIpc) is 2.56. The lowest BCUT2D eigenvalue weighted by atomic mass is 10.0. The first-order chi connectivity index (χ1) is 11.1. The molecule has 3 heteroatoms. The van der Waals surface area contributed by atoms with Crippen molar-refractivity contribution in [2.24, 2.45) is 5.92 Å². The molecule has 0 saturated carbocycles. The van der Waals surface area contributed by atoms with Crippen LogP contribution in [0.5, 0.6) is 0 Å². The Balaban J connectivity index is 2.17. The second-order valence-electron chi connectivity index (χ2n) is 6.36. The summed E-state index contributed by atoms with van der Waals surface area (Å²) in [7, 11) is 0. The van der Waals surface area contributed by atoms with Gasteiger partial charge in [0.15, 0.2) is 0 Å². The van der Waals surface area contributed by atoms with Crippen molar-refractivity contribution in [2.45, 2.75) is 39.6 Å². The van der Waals surface area contributed by atoms with Crippen molar-refractivity contribution in [1.82, 2.24) is 4.90 Å². The van der Waals surface area contributed by atoms with E-state index >= 15 is 0 Å². The Bertz CT molecular complexity index is 566. The zero-order valence-electron chi connectivity index (χ0n) is 14.0. The van der Waals surface area contributed by atoms with Crippen LogP contribution in [0.25, 0.3) is 0 Å². The number of hydrogen-bond acceptors (Lipinski definition) is 3. The van der Waals surface area contributed by atoms with Crippen LogP contribution in [0, 0.1) is 5.92 Å². The molecule has 0 bridgehead atoms. The van der Waals surface area contributed by atoms with E-state index in [2.05, 4.69) is 43.0 Å². The lowest BCUT2D eigenvalue weighted by Crippen LogP contribution is -2.40. The van der Waals surface area contributed by atoms with Crippen molar-refractivity contribution in [2.75, 3.05) is 6.61 Å². The molecular formula is C20H27NO2. The standard InChI is InChI=1S/C20H27NO2/c1-16(2)20(15-23)21(12-17-6-4-3-5-7-17)13-18-8-10-19(14-22)11-9-18/h3-11,16,20,22-23H,12-15H2,1-2H3. The molecule has 3 nitrogen and oxygen atoms in total. The van der Waals surface area contributed by atoms with Crippen LogP contribution >= 0.6 is 0 Å². The first kappa shape index (κ1) is 17.7. The highest BCUT2D eigenvalue weighted by Gasteiger charge is 2.21. The van der Waals surface area contributed by atoms with Crippen LogP contribution in [0.15, 0.2) is 54.6 Å². The molecule has 0 saturated heterocycles. The molecule has 2 N–H and O–H groups in total. The summed E-state index contributed by atoms with van der Waals surface area (Å²) < 4.78 is 0. The maximum absolute atomic E-state index is 9.83. The summed E-state index contributed by atoms with van der Waals surface area (Å²) in [6.45, 7) is 6.11. The molecule has 0 aromatic heterocycles. The van der Waals surface area contributed by atoms with Gasteiger partial charge >= 0.3 is 0 Å². The van der Waals surface area contributed by atoms with Crippen molar-refractivity contribution in [3.8, 4) is 0 Å². The number of aliphatic hydroxyl groups is 2. The Morgan fingerprint density at radius 2 is 1.30 bits per heavy atom. The summed E-state index contributed by atoms with van der Waals surface area (Å²) >= 11 is 0. The molecule has 1 unspecified atom stereocenters. The largest absolute Gasteiger partial charge is 0.395 e. The van der Waals surface area contributed by atoms with E-state index in [9.17, 15) is 5.11 Å². The topological polar surface area (TPSA) is 43.7 Å². The van der Waals surface area contributed by atoms with Crippen LogP contribution < -0.4 is 0 Å². The molecule has 0 aliphatic carbocycles. The van der Waals surface area contributed by atoms with Gasteiger partial charge in [-0.25, -0.2) is 0 Å². The van der Waals surface area contributed by atoms with E-state index in [4.69, 9.17) is 5.11 Å². The van der Waals surface area contributed by atoms with E-state index in [0.717, 1.165) is 18.7 Å². The molecule has 0 heterocycles. The molecular weight excluding hydrogens is 286 g/mol. The van der Waals surface area contributed by atoms with Gasteiger partial charge in [-0.05, 0) is 22.6 Å². The smallest absolute Gasteiger partial charge is 0.0681 e. The molecule has 23 heavy (non-hydrogen) atoms. The van der Waals surface area contributed by atoms with E-state index < -0.39 is 0 Å². The van der Waals surface area contributed by atoms with Gasteiger partial charge in [-0.1, -0.05) is 68.4 Å². The monoisotopic (exact) mass is 313 g/mol. The molecule has 0 aliphatic rings. The van der Waals surface area contributed by atoms with Crippen molar-refractivity contribution < 1.29 is 10.2 Å². The zero-order chi connectivity index (χ0) is 16.7. The fraction of sp³-hybridized carbons (Fsp3) is 0.400. The summed E-state index contributed by atoms with van der Waals surface area (Å²) in [5.74, 6) is 0.375. The van der Waals surface area contributed by atoms with Gasteiger partial charge in [0, 0.05) is 19.1 Å². The first-order valence-electron chi connectivity index (χ1n) is 8.21. The molecule has 2 aromatic rings. The molecule has 2 rings (SSSR count). The van der Waals surface area contributed by atoms with Gasteiger partial charge in [0.2, 0.25) is 0 Å². The molecule has 0 radical (unpaired) electrons. The van der Waals surface area contributed by atoms with Gasteiger partial charge < -0.3 is 10.2 Å². The van der Waals surface area contributed by atoms with E-state index in [1.807, 2.05) is 30.3 Å². The molecule has 0 spiro atoms. The predicted octanol–water partition coefficient (Wildman–Crippen LogP) is 3.20. The predicted molar refractivity (Wildman–Crippen MR) is 93.8 cm³/mol. The lowest BCUT2D eigenvalue weighted by Gasteiger charge is -2.33. The highest BCUT2D eigenvalue weighted by Crippen LogP contribution is 2.18. The maximum atomic E-state index is 9.83. The number of nitrogens with zero attached hydrogens (tertiary/aromatic N) is 1. The highest BCUT2D eigenvalue weighted by molar-refractivity contribution is 5.22. The van der Waals surface area contributed by atoms with Crippen molar-refractivity contribution in [3.05, 3.63) is 71.3 Å². The third-order valence-electron chi connectivity index (χ3n) is 4.25. The third-order valence-corrected chi connectivity index (χ3v) is 4.25. The quantitative estimate of drug-likeness (QED) is 0.786. The van der Waals surface area contributed by atoms with Crippen molar-refractivity contribution in [1.29, 1.82) is 0 Å². The normalized spacial score (nSPS) is 12.8. The fourth-order valence-corrected chi connectivity index (χ4v) is 2.84. The maximum Gasteiger partial charge on any atom is 0.0681 e. The van der Waals surface area contributed by atoms with E-state index in [0.29, 0.717) is 5.92 Å². The Morgan fingerprint density at radius 3 is 1.78 bits per heavy atom. The second-order valence-corrected chi connectivity index (χ2v) is 6.36. The summed E-state index contributed by atoms with van der Waals surface area (Å²) in [6, 6.07) is 18.5. The summed E-state index contributed by atoms with van der Waals surface area (Å²) in [4.78, 5) is 2.33. The summed E-state index contributed by atoms with van der Waals surface area (Å²) in [5.41, 5.74) is 3.36. The van der Waals surface area contributed by atoms with Crippen LogP contribution in [0.3, 0.4) is 0 Å². The van der Waals surface area contributed by atoms with Gasteiger partial charge in [-0.2, -0.15) is 0 Å². The minimum Gasteiger partial charge on any atom is -0.395 e. The Labute approximate surface area is 139 Å². The average molecular weight is 313 g/mol. The van der Waals surface area contributed by atoms with Gasteiger partial charge in [0.25, 0.3) is 0 Å². The Kier molecular flexibility index (Phi) is 6.78. The van der Waals surface area contributed by atoms with Crippen LogP contribution in [0.1, 0.15) is 30.5 Å². The number of aliphatic hydroxyl groups excluding tert-OH is 2. The summed E-state index contributed by atoms with van der Waals surface area (Å²) in [5, 5.41) is 19.0. The van der Waals surface area contributed by atoms with Crippen molar-refractivity contribution >= 4 is 0 Å². The van der Waals surface area contributed by atoms with Gasteiger partial charge in [0.1, 0.15) is 0 Å². The third kappa shape index (κ3) is 5.17. The van der Waals surface area contributed by atoms with Crippen LogP contribution in [-0.2, 0) is 19.7 Å². The number of benzene rings is 2. The minimum absolute atomic E-state index is 0.0687. The van der Waals surface area contributed by atoms with Gasteiger partial charge in [-0.3, -0.25) is 4.90 Å². The van der Waals surface area contributed by atoms with Crippen LogP contribution in [0.4, 0.5) is 0 Å². The number of hydrogen-bond donors (Lipinski definition) is 2. The molecule has 2 aromatic carbocycles. The second kappa shape index (κ2) is 8.82. The Hall–Kier alpha value is -1.68. The molecule has 1 atom stereocenters. The minimum atomic E-state index is 0.0687. The van der Waals surface area contributed by atoms with Crippen LogP contribution in [-0.4, -0.2) is 27.8 Å². The number of rotatable bonds is 8. The summed E-state index contributed by atoms with van der Waals surface area (Å²) in [6.07, 6.45) is 0. The zero-order valence-corrected chi connectivity index (χ0v) is 14.0. The lowest BCUT2D eigenvalue weighted by molar-refractivity contribution is 0.0784.